The molecule has 0 spiro atoms. The summed E-state index contributed by atoms with van der Waals surface area (Å²) < 4.78 is 4.50. The van der Waals surface area contributed by atoms with Crippen LogP contribution in [0, 0.1) is 0 Å². The van der Waals surface area contributed by atoms with E-state index in [1.807, 2.05) is 0 Å². The molecule has 1 rings (SSSR count). The molecule has 0 aliphatic heterocycles. The van der Waals surface area contributed by atoms with Crippen LogP contribution in [0.3, 0.4) is 0 Å². The van der Waals surface area contributed by atoms with Gasteiger partial charge in [0, 0.05) is 5.69 Å². The molecule has 0 heterocycles. The largest absolute Gasteiger partial charge is 0.465 e. The van der Waals surface area contributed by atoms with E-state index in [4.69, 9.17) is 23.1 Å². The maximum absolute atomic E-state index is 11.2. The average molecular weight is 201 g/mol. The van der Waals surface area contributed by atoms with Gasteiger partial charge >= 0.3 is 5.97 Å². The number of nitrogen functional groups attached to an aromatic ring is 2. The van der Waals surface area contributed by atoms with E-state index in [-0.39, 0.29) is 22.0 Å². The summed E-state index contributed by atoms with van der Waals surface area (Å²) in [6.45, 7) is 0. The first-order valence-electron chi connectivity index (χ1n) is 3.49. The van der Waals surface area contributed by atoms with Crippen LogP contribution in [-0.2, 0) is 4.74 Å². The lowest BCUT2D eigenvalue weighted by Crippen LogP contribution is -2.09. The highest BCUT2D eigenvalue weighted by Gasteiger charge is 2.15. The molecular formula is C8H9ClN2O2. The van der Waals surface area contributed by atoms with Crippen LogP contribution in [0.25, 0.3) is 0 Å². The summed E-state index contributed by atoms with van der Waals surface area (Å²) in [5.41, 5.74) is 11.6. The fraction of sp³-hybridized carbons (Fsp3) is 0.125. The number of methoxy groups -OCH3 is 1. The molecule has 0 fully saturated rings. The number of carbonyl (C=O) groups is 1. The SMILES string of the molecule is COC(=O)c1c(N)ccc(Cl)c1N. The van der Waals surface area contributed by atoms with E-state index in [0.29, 0.717) is 0 Å². The van der Waals surface area contributed by atoms with Crippen LogP contribution >= 0.6 is 11.6 Å². The van der Waals surface area contributed by atoms with Crippen molar-refractivity contribution in [2.24, 2.45) is 0 Å². The van der Waals surface area contributed by atoms with E-state index in [9.17, 15) is 4.79 Å². The zero-order chi connectivity index (χ0) is 10.0. The van der Waals surface area contributed by atoms with Crippen molar-refractivity contribution in [3.63, 3.8) is 0 Å². The highest BCUT2D eigenvalue weighted by atomic mass is 35.5. The van der Waals surface area contributed by atoms with Gasteiger partial charge in [-0.25, -0.2) is 4.79 Å². The summed E-state index contributed by atoms with van der Waals surface area (Å²) in [7, 11) is 1.25. The van der Waals surface area contributed by atoms with Crippen LogP contribution in [-0.4, -0.2) is 13.1 Å². The molecule has 0 saturated carbocycles. The van der Waals surface area contributed by atoms with E-state index >= 15 is 0 Å². The van der Waals surface area contributed by atoms with E-state index in [2.05, 4.69) is 4.74 Å². The molecule has 1 aromatic rings. The summed E-state index contributed by atoms with van der Waals surface area (Å²) in [6.07, 6.45) is 0. The third kappa shape index (κ3) is 1.67. The number of nitrogens with two attached hydrogens (primary N) is 2. The highest BCUT2D eigenvalue weighted by molar-refractivity contribution is 6.34. The van der Waals surface area contributed by atoms with Gasteiger partial charge in [-0.3, -0.25) is 0 Å². The van der Waals surface area contributed by atoms with Gasteiger partial charge in [0.25, 0.3) is 0 Å². The normalized spacial score (nSPS) is 9.69. The van der Waals surface area contributed by atoms with Gasteiger partial charge in [-0.05, 0) is 12.1 Å². The Morgan fingerprint density at radius 3 is 2.62 bits per heavy atom. The molecule has 0 saturated heterocycles. The first-order valence-corrected chi connectivity index (χ1v) is 3.87. The maximum atomic E-state index is 11.2. The van der Waals surface area contributed by atoms with Gasteiger partial charge in [-0.15, -0.1) is 0 Å². The van der Waals surface area contributed by atoms with Gasteiger partial charge in [0.1, 0.15) is 5.56 Å². The van der Waals surface area contributed by atoms with E-state index < -0.39 is 5.97 Å². The Labute approximate surface area is 80.4 Å². The van der Waals surface area contributed by atoms with Crippen molar-refractivity contribution in [3.8, 4) is 0 Å². The Hall–Kier alpha value is -1.42. The summed E-state index contributed by atoms with van der Waals surface area (Å²) in [4.78, 5) is 11.2. The predicted octanol–water partition coefficient (Wildman–Crippen LogP) is 1.29. The number of hydrogen-bond acceptors (Lipinski definition) is 4. The molecule has 0 radical (unpaired) electrons. The van der Waals surface area contributed by atoms with Gasteiger partial charge in [0.15, 0.2) is 0 Å². The lowest BCUT2D eigenvalue weighted by molar-refractivity contribution is 0.0603. The van der Waals surface area contributed by atoms with Crippen LogP contribution in [0.15, 0.2) is 12.1 Å². The summed E-state index contributed by atoms with van der Waals surface area (Å²) in [5, 5.41) is 0.287. The molecule has 70 valence electrons. The lowest BCUT2D eigenvalue weighted by Gasteiger charge is -2.07. The van der Waals surface area contributed by atoms with Gasteiger partial charge in [0.05, 0.1) is 17.8 Å². The van der Waals surface area contributed by atoms with E-state index in [1.165, 1.54) is 19.2 Å². The Balaban J connectivity index is 3.33. The number of carbonyl (C=O) groups excluding carboxylic acids is 1. The van der Waals surface area contributed by atoms with Gasteiger partial charge in [-0.1, -0.05) is 11.6 Å². The molecule has 4 N–H and O–H groups in total. The molecule has 5 heteroatoms. The zero-order valence-corrected chi connectivity index (χ0v) is 7.76. The molecule has 0 bridgehead atoms. The van der Waals surface area contributed by atoms with Crippen LogP contribution in [0.4, 0.5) is 11.4 Å². The topological polar surface area (TPSA) is 78.3 Å². The maximum Gasteiger partial charge on any atom is 0.342 e. The average Bonchev–Trinajstić information content (AvgIpc) is 2.12. The molecule has 0 atom stereocenters. The van der Waals surface area contributed by atoms with Crippen molar-refractivity contribution in [2.45, 2.75) is 0 Å². The third-order valence-electron chi connectivity index (χ3n) is 1.61. The highest BCUT2D eigenvalue weighted by Crippen LogP contribution is 2.27. The number of halogens is 1. The summed E-state index contributed by atoms with van der Waals surface area (Å²) >= 11 is 5.70. The molecule has 13 heavy (non-hydrogen) atoms. The van der Waals surface area contributed by atoms with Crippen LogP contribution in [0.1, 0.15) is 10.4 Å². The van der Waals surface area contributed by atoms with Crippen LogP contribution in [0.2, 0.25) is 5.02 Å². The van der Waals surface area contributed by atoms with Crippen molar-refractivity contribution in [2.75, 3.05) is 18.6 Å². The molecular weight excluding hydrogens is 192 g/mol. The van der Waals surface area contributed by atoms with Crippen molar-refractivity contribution in [1.29, 1.82) is 0 Å². The zero-order valence-electron chi connectivity index (χ0n) is 7.00. The number of benzene rings is 1. The lowest BCUT2D eigenvalue weighted by atomic mass is 10.1. The monoisotopic (exact) mass is 200 g/mol. The fourth-order valence-electron chi connectivity index (χ4n) is 0.941. The van der Waals surface area contributed by atoms with Crippen molar-refractivity contribution in [3.05, 3.63) is 22.7 Å². The summed E-state index contributed by atoms with van der Waals surface area (Å²) in [5.74, 6) is -0.586. The van der Waals surface area contributed by atoms with E-state index in [1.54, 1.807) is 0 Å². The quantitative estimate of drug-likeness (QED) is 0.529. The molecule has 0 aromatic heterocycles. The van der Waals surface area contributed by atoms with Crippen molar-refractivity contribution < 1.29 is 9.53 Å². The number of hydrogen-bond donors (Lipinski definition) is 2. The smallest absolute Gasteiger partial charge is 0.342 e. The summed E-state index contributed by atoms with van der Waals surface area (Å²) in [6, 6.07) is 3.03. The van der Waals surface area contributed by atoms with E-state index in [0.717, 1.165) is 0 Å². The molecule has 0 aliphatic rings. The Kier molecular flexibility index (Phi) is 2.63. The van der Waals surface area contributed by atoms with Crippen molar-refractivity contribution in [1.82, 2.24) is 0 Å². The van der Waals surface area contributed by atoms with Gasteiger partial charge < -0.3 is 16.2 Å². The number of anilines is 2. The Morgan fingerprint density at radius 1 is 1.46 bits per heavy atom. The van der Waals surface area contributed by atoms with Gasteiger partial charge in [0.2, 0.25) is 0 Å². The second-order valence-electron chi connectivity index (χ2n) is 2.42. The Bertz CT molecular complexity index is 352. The minimum Gasteiger partial charge on any atom is -0.465 e. The van der Waals surface area contributed by atoms with Crippen molar-refractivity contribution >= 4 is 28.9 Å². The minimum absolute atomic E-state index is 0.120. The molecule has 0 unspecified atom stereocenters. The first-order chi connectivity index (χ1) is 6.07. The second-order valence-corrected chi connectivity index (χ2v) is 2.82. The predicted molar refractivity (Wildman–Crippen MR) is 51.6 cm³/mol. The number of rotatable bonds is 1. The van der Waals surface area contributed by atoms with Gasteiger partial charge in [-0.2, -0.15) is 0 Å². The molecule has 4 nitrogen and oxygen atoms in total. The first kappa shape index (κ1) is 9.67. The number of ether oxygens (including phenoxy) is 1. The molecule has 0 aliphatic carbocycles. The second kappa shape index (κ2) is 3.53. The van der Waals surface area contributed by atoms with Crippen LogP contribution in [0.5, 0.6) is 0 Å². The molecule has 1 aromatic carbocycles. The number of esters is 1. The van der Waals surface area contributed by atoms with Crippen LogP contribution < -0.4 is 11.5 Å². The fourth-order valence-corrected chi connectivity index (χ4v) is 1.10. The molecule has 0 amide bonds. The minimum atomic E-state index is -0.586. The third-order valence-corrected chi connectivity index (χ3v) is 1.94. The standard InChI is InChI=1S/C8H9ClN2O2/c1-13-8(12)6-5(10)3-2-4(9)7(6)11/h2-3H,10-11H2,1H3. The Morgan fingerprint density at radius 2 is 2.08 bits per heavy atom.